The summed E-state index contributed by atoms with van der Waals surface area (Å²) in [7, 11) is 0. The van der Waals surface area contributed by atoms with Gasteiger partial charge in [0.25, 0.3) is 0 Å². The van der Waals surface area contributed by atoms with Gasteiger partial charge in [-0.1, -0.05) is 12.1 Å². The maximum absolute atomic E-state index is 13.7. The topological polar surface area (TPSA) is 67.5 Å². The number of carbonyl (C=O) groups is 1. The third kappa shape index (κ3) is 1.91. The highest BCUT2D eigenvalue weighted by Crippen LogP contribution is 2.22. The number of aryl methyl sites for hydroxylation is 1. The van der Waals surface area contributed by atoms with Crippen LogP contribution in [-0.2, 0) is 0 Å². The smallest absolute Gasteiger partial charge is 0.356 e. The third-order valence-electron chi connectivity index (χ3n) is 3.04. The van der Waals surface area contributed by atoms with Crippen LogP contribution in [0.3, 0.4) is 0 Å². The van der Waals surface area contributed by atoms with E-state index in [1.807, 2.05) is 0 Å². The van der Waals surface area contributed by atoms with Crippen LogP contribution in [0.1, 0.15) is 16.1 Å². The second-order valence-corrected chi connectivity index (χ2v) is 4.40. The first kappa shape index (κ1) is 12.3. The number of fused-ring (bicyclic) bond motifs is 1. The largest absolute Gasteiger partial charge is 0.476 e. The molecule has 100 valence electrons. The molecule has 0 radical (unpaired) electrons. The Morgan fingerprint density at radius 2 is 2.10 bits per heavy atom. The van der Waals surface area contributed by atoms with Gasteiger partial charge in [-0.2, -0.15) is 5.10 Å². The second kappa shape index (κ2) is 4.41. The molecule has 0 fully saturated rings. The number of halogens is 1. The molecule has 5 nitrogen and oxygen atoms in total. The molecular formula is C14H10FN3O2. The highest BCUT2D eigenvalue weighted by atomic mass is 19.1. The Bertz CT molecular complexity index is 826. The normalized spacial score (nSPS) is 10.9. The van der Waals surface area contributed by atoms with Crippen molar-refractivity contribution in [3.05, 3.63) is 53.6 Å². The molecule has 20 heavy (non-hydrogen) atoms. The minimum Gasteiger partial charge on any atom is -0.476 e. The fraction of sp³-hybridized carbons (Fsp3) is 0.0714. The van der Waals surface area contributed by atoms with E-state index in [-0.39, 0.29) is 11.5 Å². The first-order valence-corrected chi connectivity index (χ1v) is 5.91. The van der Waals surface area contributed by atoms with Gasteiger partial charge in [0.1, 0.15) is 5.82 Å². The van der Waals surface area contributed by atoms with Gasteiger partial charge in [0.15, 0.2) is 11.3 Å². The molecule has 0 atom stereocenters. The van der Waals surface area contributed by atoms with Crippen molar-refractivity contribution in [2.24, 2.45) is 0 Å². The Morgan fingerprint density at radius 3 is 2.80 bits per heavy atom. The van der Waals surface area contributed by atoms with Crippen LogP contribution in [0, 0.1) is 12.7 Å². The van der Waals surface area contributed by atoms with E-state index in [2.05, 4.69) is 10.1 Å². The lowest BCUT2D eigenvalue weighted by atomic mass is 10.1. The molecule has 0 saturated carbocycles. The van der Waals surface area contributed by atoms with Crippen molar-refractivity contribution in [3.8, 4) is 11.3 Å². The summed E-state index contributed by atoms with van der Waals surface area (Å²) < 4.78 is 15.1. The van der Waals surface area contributed by atoms with E-state index >= 15 is 0 Å². The van der Waals surface area contributed by atoms with Crippen molar-refractivity contribution < 1.29 is 14.3 Å². The molecule has 6 heteroatoms. The standard InChI is InChI=1S/C14H10FN3O2/c1-8-2-3-9(6-10(8)15)12-4-5-16-13-7-11(14(19)20)17-18(12)13/h2-7H,1H3,(H,19,20). The van der Waals surface area contributed by atoms with Gasteiger partial charge in [-0.25, -0.2) is 18.7 Å². The second-order valence-electron chi connectivity index (χ2n) is 4.40. The van der Waals surface area contributed by atoms with Gasteiger partial charge >= 0.3 is 5.97 Å². The first-order valence-electron chi connectivity index (χ1n) is 5.91. The predicted octanol–water partition coefficient (Wildman–Crippen LogP) is 2.54. The summed E-state index contributed by atoms with van der Waals surface area (Å²) in [5.41, 5.74) is 2.05. The molecule has 0 aliphatic heterocycles. The molecule has 0 aliphatic rings. The van der Waals surface area contributed by atoms with Gasteiger partial charge in [-0.3, -0.25) is 0 Å². The number of hydrogen-bond donors (Lipinski definition) is 1. The summed E-state index contributed by atoms with van der Waals surface area (Å²) in [6.45, 7) is 1.68. The van der Waals surface area contributed by atoms with Crippen molar-refractivity contribution in [1.82, 2.24) is 14.6 Å². The van der Waals surface area contributed by atoms with Crippen LogP contribution in [0.15, 0.2) is 36.5 Å². The van der Waals surface area contributed by atoms with E-state index in [4.69, 9.17) is 5.11 Å². The van der Waals surface area contributed by atoms with Crippen LogP contribution in [0.2, 0.25) is 0 Å². The van der Waals surface area contributed by atoms with Gasteiger partial charge in [-0.05, 0) is 24.6 Å². The highest BCUT2D eigenvalue weighted by molar-refractivity contribution is 5.86. The molecule has 3 rings (SSSR count). The monoisotopic (exact) mass is 271 g/mol. The zero-order valence-corrected chi connectivity index (χ0v) is 10.5. The Hall–Kier alpha value is -2.76. The predicted molar refractivity (Wildman–Crippen MR) is 70.1 cm³/mol. The lowest BCUT2D eigenvalue weighted by molar-refractivity contribution is 0.0690. The lowest BCUT2D eigenvalue weighted by Crippen LogP contribution is -2.00. The number of aromatic nitrogens is 3. The Kier molecular flexibility index (Phi) is 2.71. The molecule has 0 aliphatic carbocycles. The first-order chi connectivity index (χ1) is 9.56. The molecule has 2 heterocycles. The number of carboxylic acids is 1. The number of nitrogens with zero attached hydrogens (tertiary/aromatic N) is 3. The number of hydrogen-bond acceptors (Lipinski definition) is 3. The maximum Gasteiger partial charge on any atom is 0.356 e. The zero-order chi connectivity index (χ0) is 14.3. The third-order valence-corrected chi connectivity index (χ3v) is 3.04. The number of aromatic carboxylic acids is 1. The summed E-state index contributed by atoms with van der Waals surface area (Å²) in [4.78, 5) is 15.0. The summed E-state index contributed by atoms with van der Waals surface area (Å²) in [6.07, 6.45) is 1.54. The minimum atomic E-state index is -1.13. The Labute approximate surface area is 113 Å². The molecule has 3 aromatic rings. The maximum atomic E-state index is 13.7. The molecule has 0 bridgehead atoms. The molecule has 0 amide bonds. The molecule has 1 N–H and O–H groups in total. The van der Waals surface area contributed by atoms with Crippen LogP contribution < -0.4 is 0 Å². The van der Waals surface area contributed by atoms with Crippen LogP contribution >= 0.6 is 0 Å². The van der Waals surface area contributed by atoms with Crippen molar-refractivity contribution in [1.29, 1.82) is 0 Å². The number of benzene rings is 1. The molecule has 0 unspecified atom stereocenters. The Balaban J connectivity index is 2.24. The van der Waals surface area contributed by atoms with E-state index < -0.39 is 5.97 Å². The molecule has 2 aromatic heterocycles. The lowest BCUT2D eigenvalue weighted by Gasteiger charge is -2.05. The fourth-order valence-electron chi connectivity index (χ4n) is 1.97. The fourth-order valence-corrected chi connectivity index (χ4v) is 1.97. The quantitative estimate of drug-likeness (QED) is 0.777. The summed E-state index contributed by atoms with van der Waals surface area (Å²) in [5, 5.41) is 12.9. The van der Waals surface area contributed by atoms with Crippen molar-refractivity contribution in [3.63, 3.8) is 0 Å². The molecule has 0 saturated heterocycles. The molecule has 1 aromatic carbocycles. The SMILES string of the molecule is Cc1ccc(-c2ccnc3cc(C(=O)O)nn23)cc1F. The molecule has 0 spiro atoms. The van der Waals surface area contributed by atoms with E-state index in [9.17, 15) is 9.18 Å². The summed E-state index contributed by atoms with van der Waals surface area (Å²) in [5.74, 6) is -1.45. The van der Waals surface area contributed by atoms with Gasteiger partial charge in [0, 0.05) is 17.8 Å². The van der Waals surface area contributed by atoms with E-state index in [1.165, 1.54) is 22.8 Å². The Morgan fingerprint density at radius 1 is 1.30 bits per heavy atom. The van der Waals surface area contributed by atoms with Crippen LogP contribution in [0.5, 0.6) is 0 Å². The van der Waals surface area contributed by atoms with Crippen molar-refractivity contribution in [2.45, 2.75) is 6.92 Å². The minimum absolute atomic E-state index is 0.0995. The summed E-state index contributed by atoms with van der Waals surface area (Å²) in [6, 6.07) is 7.85. The van der Waals surface area contributed by atoms with Gasteiger partial charge in [-0.15, -0.1) is 0 Å². The molecular weight excluding hydrogens is 261 g/mol. The van der Waals surface area contributed by atoms with E-state index in [0.29, 0.717) is 22.5 Å². The van der Waals surface area contributed by atoms with Gasteiger partial charge in [0.05, 0.1) is 5.69 Å². The average Bonchev–Trinajstić information content (AvgIpc) is 2.86. The van der Waals surface area contributed by atoms with E-state index in [0.717, 1.165) is 0 Å². The number of rotatable bonds is 2. The number of carboxylic acid groups (broad SMARTS) is 1. The van der Waals surface area contributed by atoms with Crippen molar-refractivity contribution >= 4 is 11.6 Å². The van der Waals surface area contributed by atoms with Gasteiger partial charge in [0.2, 0.25) is 0 Å². The van der Waals surface area contributed by atoms with Crippen molar-refractivity contribution in [2.75, 3.05) is 0 Å². The van der Waals surface area contributed by atoms with Crippen LogP contribution in [0.25, 0.3) is 16.9 Å². The highest BCUT2D eigenvalue weighted by Gasteiger charge is 2.13. The average molecular weight is 271 g/mol. The van der Waals surface area contributed by atoms with E-state index in [1.54, 1.807) is 25.1 Å². The zero-order valence-electron chi connectivity index (χ0n) is 10.5. The van der Waals surface area contributed by atoms with Crippen LogP contribution in [0.4, 0.5) is 4.39 Å². The van der Waals surface area contributed by atoms with Crippen LogP contribution in [-0.4, -0.2) is 25.7 Å². The van der Waals surface area contributed by atoms with Gasteiger partial charge < -0.3 is 5.11 Å². The summed E-state index contributed by atoms with van der Waals surface area (Å²) >= 11 is 0.